The summed E-state index contributed by atoms with van der Waals surface area (Å²) in [6, 6.07) is 7.54. The molecule has 0 saturated carbocycles. The number of nitrogens with one attached hydrogen (secondary N) is 2. The van der Waals surface area contributed by atoms with Crippen LogP contribution in [-0.4, -0.2) is 16.8 Å². The molecule has 0 saturated heterocycles. The fraction of sp³-hybridized carbons (Fsp3) is 0.353. The second-order valence-corrected chi connectivity index (χ2v) is 6.21. The summed E-state index contributed by atoms with van der Waals surface area (Å²) in [5.74, 6) is -0.0178. The Kier molecular flexibility index (Phi) is 6.29. The summed E-state index contributed by atoms with van der Waals surface area (Å²) in [6.45, 7) is 4.02. The molecule has 0 spiro atoms. The highest BCUT2D eigenvalue weighted by molar-refractivity contribution is 7.09. The highest BCUT2D eigenvalue weighted by Gasteiger charge is 2.07. The van der Waals surface area contributed by atoms with Crippen molar-refractivity contribution in [2.75, 3.05) is 5.32 Å². The van der Waals surface area contributed by atoms with E-state index in [4.69, 9.17) is 0 Å². The standard InChI is InChI=1S/C17H21N3O2S/c1-3-4-5-16(22)18-10-17-20-15(11-23-17)13-6-8-14(9-7-13)19-12(2)21/h6-9,11H,3-5,10H2,1-2H3,(H,18,22)(H,19,21). The highest BCUT2D eigenvalue weighted by atomic mass is 32.1. The molecule has 0 bridgehead atoms. The topological polar surface area (TPSA) is 71.1 Å². The second kappa shape index (κ2) is 8.43. The maximum Gasteiger partial charge on any atom is 0.221 e. The Balaban J connectivity index is 1.93. The van der Waals surface area contributed by atoms with Crippen LogP contribution in [0, 0.1) is 0 Å². The number of unbranched alkanes of at least 4 members (excludes halogenated alkanes) is 1. The van der Waals surface area contributed by atoms with Crippen LogP contribution in [0.5, 0.6) is 0 Å². The molecule has 0 fully saturated rings. The van der Waals surface area contributed by atoms with Crippen LogP contribution in [0.2, 0.25) is 0 Å². The number of carbonyl (C=O) groups is 2. The van der Waals surface area contributed by atoms with Gasteiger partial charge in [0.2, 0.25) is 11.8 Å². The first-order valence-corrected chi connectivity index (χ1v) is 8.55. The third-order valence-electron chi connectivity index (χ3n) is 3.25. The monoisotopic (exact) mass is 331 g/mol. The number of aromatic nitrogens is 1. The zero-order valence-electron chi connectivity index (χ0n) is 13.4. The van der Waals surface area contributed by atoms with Crippen molar-refractivity contribution >= 4 is 28.8 Å². The van der Waals surface area contributed by atoms with E-state index in [0.717, 1.165) is 34.8 Å². The highest BCUT2D eigenvalue weighted by Crippen LogP contribution is 2.23. The molecule has 0 aliphatic carbocycles. The van der Waals surface area contributed by atoms with E-state index in [-0.39, 0.29) is 11.8 Å². The van der Waals surface area contributed by atoms with E-state index in [0.29, 0.717) is 13.0 Å². The minimum Gasteiger partial charge on any atom is -0.350 e. The molecule has 0 aliphatic rings. The SMILES string of the molecule is CCCCC(=O)NCc1nc(-c2ccc(NC(C)=O)cc2)cs1. The minimum absolute atomic E-state index is 0.0725. The molecule has 23 heavy (non-hydrogen) atoms. The van der Waals surface area contributed by atoms with Crippen LogP contribution in [0.25, 0.3) is 11.3 Å². The van der Waals surface area contributed by atoms with Gasteiger partial charge in [-0.1, -0.05) is 25.5 Å². The van der Waals surface area contributed by atoms with Crippen molar-refractivity contribution in [3.05, 3.63) is 34.7 Å². The van der Waals surface area contributed by atoms with E-state index >= 15 is 0 Å². The van der Waals surface area contributed by atoms with Gasteiger partial charge < -0.3 is 10.6 Å². The summed E-state index contributed by atoms with van der Waals surface area (Å²) in [4.78, 5) is 27.2. The zero-order valence-corrected chi connectivity index (χ0v) is 14.2. The maximum absolute atomic E-state index is 11.6. The minimum atomic E-state index is -0.0903. The number of hydrogen-bond donors (Lipinski definition) is 2. The van der Waals surface area contributed by atoms with Crippen LogP contribution in [0.15, 0.2) is 29.6 Å². The van der Waals surface area contributed by atoms with Crippen LogP contribution in [0.4, 0.5) is 5.69 Å². The molecule has 5 nitrogen and oxygen atoms in total. The first-order chi connectivity index (χ1) is 11.1. The Labute approximate surface area is 140 Å². The summed E-state index contributed by atoms with van der Waals surface area (Å²) < 4.78 is 0. The fourth-order valence-corrected chi connectivity index (χ4v) is 2.80. The van der Waals surface area contributed by atoms with E-state index in [2.05, 4.69) is 22.5 Å². The van der Waals surface area contributed by atoms with Crippen molar-refractivity contribution in [1.29, 1.82) is 0 Å². The molecule has 2 rings (SSSR count). The molecule has 1 heterocycles. The average molecular weight is 331 g/mol. The molecule has 122 valence electrons. The van der Waals surface area contributed by atoms with Gasteiger partial charge in [0.05, 0.1) is 12.2 Å². The lowest BCUT2D eigenvalue weighted by molar-refractivity contribution is -0.121. The van der Waals surface area contributed by atoms with Gasteiger partial charge in [-0.2, -0.15) is 0 Å². The molecule has 1 aromatic carbocycles. The molecule has 0 unspecified atom stereocenters. The van der Waals surface area contributed by atoms with Crippen LogP contribution >= 0.6 is 11.3 Å². The molecule has 2 amide bonds. The van der Waals surface area contributed by atoms with Crippen LogP contribution in [0.1, 0.15) is 38.1 Å². The van der Waals surface area contributed by atoms with Gasteiger partial charge in [-0.15, -0.1) is 11.3 Å². The zero-order chi connectivity index (χ0) is 16.7. The smallest absolute Gasteiger partial charge is 0.221 e. The lowest BCUT2D eigenvalue weighted by Gasteiger charge is -2.03. The van der Waals surface area contributed by atoms with Crippen molar-refractivity contribution in [1.82, 2.24) is 10.3 Å². The number of carbonyl (C=O) groups excluding carboxylic acids is 2. The molecule has 0 radical (unpaired) electrons. The van der Waals surface area contributed by atoms with E-state index in [1.165, 1.54) is 18.3 Å². The van der Waals surface area contributed by atoms with E-state index in [9.17, 15) is 9.59 Å². The maximum atomic E-state index is 11.6. The van der Waals surface area contributed by atoms with Gasteiger partial charge in [0, 0.05) is 30.0 Å². The second-order valence-electron chi connectivity index (χ2n) is 5.27. The largest absolute Gasteiger partial charge is 0.350 e. The Morgan fingerprint density at radius 2 is 1.96 bits per heavy atom. The predicted molar refractivity (Wildman–Crippen MR) is 93.2 cm³/mol. The first-order valence-electron chi connectivity index (χ1n) is 7.67. The predicted octanol–water partition coefficient (Wildman–Crippen LogP) is 3.57. The average Bonchev–Trinajstić information content (AvgIpc) is 3.00. The summed E-state index contributed by atoms with van der Waals surface area (Å²) in [7, 11) is 0. The van der Waals surface area contributed by atoms with Crippen molar-refractivity contribution < 1.29 is 9.59 Å². The Morgan fingerprint density at radius 1 is 1.22 bits per heavy atom. The molecule has 2 N–H and O–H groups in total. The molecule has 6 heteroatoms. The summed E-state index contributed by atoms with van der Waals surface area (Å²) >= 11 is 1.53. The Morgan fingerprint density at radius 3 is 2.61 bits per heavy atom. The van der Waals surface area contributed by atoms with Crippen molar-refractivity contribution in [3.8, 4) is 11.3 Å². The third-order valence-corrected chi connectivity index (χ3v) is 4.10. The Bertz CT molecular complexity index is 665. The van der Waals surface area contributed by atoms with E-state index < -0.39 is 0 Å². The van der Waals surface area contributed by atoms with E-state index in [1.807, 2.05) is 29.6 Å². The number of nitrogens with zero attached hydrogens (tertiary/aromatic N) is 1. The number of rotatable bonds is 7. The third kappa shape index (κ3) is 5.49. The quantitative estimate of drug-likeness (QED) is 0.814. The summed E-state index contributed by atoms with van der Waals surface area (Å²) in [6.07, 6.45) is 2.50. The van der Waals surface area contributed by atoms with Gasteiger partial charge in [0.15, 0.2) is 0 Å². The van der Waals surface area contributed by atoms with Gasteiger partial charge in [0.25, 0.3) is 0 Å². The number of thiazole rings is 1. The first kappa shape index (κ1) is 17.1. The molecule has 0 aliphatic heterocycles. The van der Waals surface area contributed by atoms with Gasteiger partial charge >= 0.3 is 0 Å². The van der Waals surface area contributed by atoms with Crippen molar-refractivity contribution in [2.24, 2.45) is 0 Å². The summed E-state index contributed by atoms with van der Waals surface area (Å²) in [5.41, 5.74) is 2.63. The van der Waals surface area contributed by atoms with Crippen LogP contribution in [-0.2, 0) is 16.1 Å². The van der Waals surface area contributed by atoms with Crippen molar-refractivity contribution in [2.45, 2.75) is 39.7 Å². The summed E-state index contributed by atoms with van der Waals surface area (Å²) in [5, 5.41) is 8.48. The number of benzene rings is 1. The number of hydrogen-bond acceptors (Lipinski definition) is 4. The number of anilines is 1. The van der Waals surface area contributed by atoms with Crippen molar-refractivity contribution in [3.63, 3.8) is 0 Å². The lowest BCUT2D eigenvalue weighted by atomic mass is 10.1. The van der Waals surface area contributed by atoms with Gasteiger partial charge in [-0.05, 0) is 18.6 Å². The van der Waals surface area contributed by atoms with Gasteiger partial charge in [0.1, 0.15) is 5.01 Å². The molecular weight excluding hydrogens is 310 g/mol. The lowest BCUT2D eigenvalue weighted by Crippen LogP contribution is -2.22. The van der Waals surface area contributed by atoms with E-state index in [1.54, 1.807) is 0 Å². The van der Waals surface area contributed by atoms with Crippen LogP contribution < -0.4 is 10.6 Å². The number of amides is 2. The fourth-order valence-electron chi connectivity index (χ4n) is 2.05. The van der Waals surface area contributed by atoms with Gasteiger partial charge in [-0.25, -0.2) is 4.98 Å². The Hall–Kier alpha value is -2.21. The molecule has 2 aromatic rings. The molecule has 1 aromatic heterocycles. The van der Waals surface area contributed by atoms with Gasteiger partial charge in [-0.3, -0.25) is 9.59 Å². The van der Waals surface area contributed by atoms with Crippen LogP contribution in [0.3, 0.4) is 0 Å². The molecular formula is C17H21N3O2S. The normalized spacial score (nSPS) is 10.3. The molecule has 0 atom stereocenters.